The van der Waals surface area contributed by atoms with E-state index >= 15 is 0 Å². The summed E-state index contributed by atoms with van der Waals surface area (Å²) in [7, 11) is 3.99. The quantitative estimate of drug-likeness (QED) is 0.916. The number of aryl methyl sites for hydroxylation is 1. The fourth-order valence-electron chi connectivity index (χ4n) is 2.19. The van der Waals surface area contributed by atoms with Gasteiger partial charge in [-0.3, -0.25) is 4.79 Å². The molecule has 1 aromatic carbocycles. The van der Waals surface area contributed by atoms with Crippen LogP contribution >= 0.6 is 0 Å². The zero-order valence-electron chi connectivity index (χ0n) is 12.7. The number of carbonyl (C=O) groups is 1. The fraction of sp³-hybridized carbons (Fsp3) is 0.294. The van der Waals surface area contributed by atoms with Gasteiger partial charge in [-0.25, -0.2) is 4.98 Å². The Hall–Kier alpha value is -2.20. The number of hydrogen-bond donors (Lipinski definition) is 1. The number of pyridine rings is 1. The van der Waals surface area contributed by atoms with Crippen LogP contribution in [0.2, 0.25) is 0 Å². The molecule has 0 bridgehead atoms. The molecule has 2 aromatic rings. The monoisotopic (exact) mass is 283 g/mol. The minimum absolute atomic E-state index is 0.0592. The van der Waals surface area contributed by atoms with Crippen molar-refractivity contribution >= 4 is 5.91 Å². The Kier molecular flexibility index (Phi) is 5.06. The lowest BCUT2D eigenvalue weighted by atomic mass is 10.1. The van der Waals surface area contributed by atoms with Gasteiger partial charge in [0, 0.05) is 12.2 Å². The number of hydrogen-bond acceptors (Lipinski definition) is 3. The van der Waals surface area contributed by atoms with Crippen LogP contribution in [0.3, 0.4) is 0 Å². The topological polar surface area (TPSA) is 45.2 Å². The number of carbonyl (C=O) groups excluding carboxylic acids is 1. The highest BCUT2D eigenvalue weighted by Gasteiger charge is 2.17. The van der Waals surface area contributed by atoms with Crippen LogP contribution < -0.4 is 5.32 Å². The summed E-state index contributed by atoms with van der Waals surface area (Å²) in [6.07, 6.45) is 0. The van der Waals surface area contributed by atoms with E-state index in [0.717, 1.165) is 17.8 Å². The summed E-state index contributed by atoms with van der Waals surface area (Å²) < 4.78 is 0. The minimum Gasteiger partial charge on any atom is -0.343 e. The molecule has 0 radical (unpaired) electrons. The maximum atomic E-state index is 12.4. The number of aromatic nitrogens is 1. The van der Waals surface area contributed by atoms with Crippen molar-refractivity contribution < 1.29 is 4.79 Å². The molecule has 4 nitrogen and oxygen atoms in total. The van der Waals surface area contributed by atoms with Gasteiger partial charge in [0.2, 0.25) is 0 Å². The van der Waals surface area contributed by atoms with Crippen molar-refractivity contribution in [2.45, 2.75) is 13.0 Å². The van der Waals surface area contributed by atoms with Crippen LogP contribution in [-0.4, -0.2) is 36.4 Å². The average Bonchev–Trinajstić information content (AvgIpc) is 2.47. The van der Waals surface area contributed by atoms with Gasteiger partial charge in [-0.1, -0.05) is 36.4 Å². The molecule has 1 aromatic heterocycles. The highest BCUT2D eigenvalue weighted by molar-refractivity contribution is 5.92. The number of nitrogens with one attached hydrogen (secondary N) is 1. The Morgan fingerprint density at radius 3 is 2.48 bits per heavy atom. The van der Waals surface area contributed by atoms with Gasteiger partial charge < -0.3 is 10.2 Å². The van der Waals surface area contributed by atoms with Crippen LogP contribution in [0, 0.1) is 6.92 Å². The standard InChI is InChI=1S/C17H21N3O/c1-13-8-7-11-15(18-13)17(21)19-16(12-20(2)3)14-9-5-4-6-10-14/h4-11,16H,12H2,1-3H3,(H,19,21). The van der Waals surface area contributed by atoms with Crippen LogP contribution in [0.5, 0.6) is 0 Å². The Morgan fingerprint density at radius 2 is 1.86 bits per heavy atom. The summed E-state index contributed by atoms with van der Waals surface area (Å²) in [6, 6.07) is 15.4. The van der Waals surface area contributed by atoms with Crippen molar-refractivity contribution in [1.29, 1.82) is 0 Å². The van der Waals surface area contributed by atoms with Gasteiger partial charge in [-0.15, -0.1) is 0 Å². The van der Waals surface area contributed by atoms with E-state index in [1.807, 2.05) is 63.5 Å². The largest absolute Gasteiger partial charge is 0.343 e. The SMILES string of the molecule is Cc1cccc(C(=O)NC(CN(C)C)c2ccccc2)n1. The van der Waals surface area contributed by atoms with Crippen LogP contribution in [0.1, 0.15) is 27.8 Å². The second-order valence-corrected chi connectivity index (χ2v) is 5.36. The van der Waals surface area contributed by atoms with Gasteiger partial charge in [-0.05, 0) is 38.7 Å². The molecule has 1 amide bonds. The number of rotatable bonds is 5. The first-order valence-corrected chi connectivity index (χ1v) is 7.00. The van der Waals surface area contributed by atoms with Crippen molar-refractivity contribution in [3.05, 3.63) is 65.5 Å². The summed E-state index contributed by atoms with van der Waals surface area (Å²) >= 11 is 0. The third-order valence-electron chi connectivity index (χ3n) is 3.18. The van der Waals surface area contributed by atoms with E-state index in [9.17, 15) is 4.79 Å². The van der Waals surface area contributed by atoms with Gasteiger partial charge >= 0.3 is 0 Å². The van der Waals surface area contributed by atoms with Crippen molar-refractivity contribution in [1.82, 2.24) is 15.2 Å². The van der Waals surface area contributed by atoms with E-state index in [4.69, 9.17) is 0 Å². The first kappa shape index (κ1) is 15.2. The average molecular weight is 283 g/mol. The first-order valence-electron chi connectivity index (χ1n) is 7.00. The first-order chi connectivity index (χ1) is 10.1. The number of benzene rings is 1. The zero-order chi connectivity index (χ0) is 15.2. The molecule has 2 rings (SSSR count). The van der Waals surface area contributed by atoms with Gasteiger partial charge in [0.15, 0.2) is 0 Å². The molecule has 0 aliphatic heterocycles. The predicted molar refractivity (Wildman–Crippen MR) is 84.2 cm³/mol. The molecular formula is C17H21N3O. The molecule has 4 heteroatoms. The molecule has 110 valence electrons. The second kappa shape index (κ2) is 6.99. The molecule has 21 heavy (non-hydrogen) atoms. The molecule has 0 aliphatic rings. The van der Waals surface area contributed by atoms with Crippen molar-refractivity contribution in [2.24, 2.45) is 0 Å². The molecule has 0 saturated heterocycles. The highest BCUT2D eigenvalue weighted by atomic mass is 16.1. The summed E-state index contributed by atoms with van der Waals surface area (Å²) in [5.74, 6) is -0.144. The lowest BCUT2D eigenvalue weighted by Crippen LogP contribution is -2.35. The summed E-state index contributed by atoms with van der Waals surface area (Å²) in [5.41, 5.74) is 2.38. The molecule has 1 atom stereocenters. The van der Waals surface area contributed by atoms with Crippen molar-refractivity contribution in [3.63, 3.8) is 0 Å². The zero-order valence-corrected chi connectivity index (χ0v) is 12.7. The molecule has 1 unspecified atom stereocenters. The normalized spacial score (nSPS) is 12.2. The minimum atomic E-state index is -0.144. The lowest BCUT2D eigenvalue weighted by Gasteiger charge is -2.22. The van der Waals surface area contributed by atoms with Crippen LogP contribution in [0.15, 0.2) is 48.5 Å². The van der Waals surface area contributed by atoms with Crippen LogP contribution in [0.4, 0.5) is 0 Å². The third-order valence-corrected chi connectivity index (χ3v) is 3.18. The molecule has 0 spiro atoms. The Morgan fingerprint density at radius 1 is 1.14 bits per heavy atom. The maximum absolute atomic E-state index is 12.4. The fourth-order valence-corrected chi connectivity index (χ4v) is 2.19. The van der Waals surface area contributed by atoms with Gasteiger partial charge in [0.25, 0.3) is 5.91 Å². The maximum Gasteiger partial charge on any atom is 0.270 e. The third kappa shape index (κ3) is 4.39. The number of nitrogens with zero attached hydrogens (tertiary/aromatic N) is 2. The van der Waals surface area contributed by atoms with Crippen molar-refractivity contribution in [2.75, 3.05) is 20.6 Å². The summed E-state index contributed by atoms with van der Waals surface area (Å²) in [5, 5.41) is 3.07. The van der Waals surface area contributed by atoms with Gasteiger partial charge in [0.1, 0.15) is 5.69 Å². The van der Waals surface area contributed by atoms with E-state index in [0.29, 0.717) is 5.69 Å². The highest BCUT2D eigenvalue weighted by Crippen LogP contribution is 2.14. The molecule has 0 aliphatic carbocycles. The van der Waals surface area contributed by atoms with Crippen LogP contribution in [-0.2, 0) is 0 Å². The summed E-state index contributed by atoms with van der Waals surface area (Å²) in [4.78, 5) is 18.7. The predicted octanol–water partition coefficient (Wildman–Crippen LogP) is 2.42. The van der Waals surface area contributed by atoms with Gasteiger partial charge in [0.05, 0.1) is 6.04 Å². The van der Waals surface area contributed by atoms with E-state index < -0.39 is 0 Å². The van der Waals surface area contributed by atoms with Gasteiger partial charge in [-0.2, -0.15) is 0 Å². The molecule has 0 fully saturated rings. The second-order valence-electron chi connectivity index (χ2n) is 5.36. The number of likely N-dealkylation sites (N-methyl/N-ethyl adjacent to an activating group) is 1. The Labute approximate surface area is 125 Å². The van der Waals surface area contributed by atoms with Crippen LogP contribution in [0.25, 0.3) is 0 Å². The van der Waals surface area contributed by atoms with E-state index in [-0.39, 0.29) is 11.9 Å². The lowest BCUT2D eigenvalue weighted by molar-refractivity contribution is 0.0924. The molecule has 0 saturated carbocycles. The summed E-state index contributed by atoms with van der Waals surface area (Å²) in [6.45, 7) is 2.62. The molecule has 1 N–H and O–H groups in total. The Bertz CT molecular complexity index is 596. The Balaban J connectivity index is 2.17. The number of amides is 1. The smallest absolute Gasteiger partial charge is 0.270 e. The molecular weight excluding hydrogens is 262 g/mol. The van der Waals surface area contributed by atoms with E-state index in [2.05, 4.69) is 15.2 Å². The van der Waals surface area contributed by atoms with Crippen molar-refractivity contribution in [3.8, 4) is 0 Å². The van der Waals surface area contributed by atoms with E-state index in [1.165, 1.54) is 0 Å². The van der Waals surface area contributed by atoms with E-state index in [1.54, 1.807) is 6.07 Å². The molecule has 1 heterocycles.